The number of hydrogen-bond acceptors (Lipinski definition) is 3. The van der Waals surface area contributed by atoms with Crippen molar-refractivity contribution in [2.45, 2.75) is 45.1 Å². The van der Waals surface area contributed by atoms with Crippen LogP contribution in [0, 0.1) is 5.92 Å². The van der Waals surface area contributed by atoms with E-state index in [0.29, 0.717) is 19.1 Å². The lowest BCUT2D eigenvalue weighted by atomic mass is 10.0. The maximum absolute atomic E-state index is 12.0. The zero-order chi connectivity index (χ0) is 15.8. The Labute approximate surface area is 134 Å². The first-order chi connectivity index (χ1) is 10.6. The molecule has 2 atom stereocenters. The molecule has 2 rings (SSSR count). The van der Waals surface area contributed by atoms with E-state index in [2.05, 4.69) is 23.8 Å². The number of hydrogen-bond donors (Lipinski definition) is 1. The molecule has 1 aromatic rings. The van der Waals surface area contributed by atoms with E-state index >= 15 is 0 Å². The van der Waals surface area contributed by atoms with Crippen molar-refractivity contribution in [2.24, 2.45) is 5.92 Å². The molecule has 1 heterocycles. The molecule has 0 aromatic heterocycles. The highest BCUT2D eigenvalue weighted by atomic mass is 32.2. The monoisotopic (exact) mass is 325 g/mol. The van der Waals surface area contributed by atoms with E-state index in [9.17, 15) is 8.42 Å². The van der Waals surface area contributed by atoms with E-state index < -0.39 is 10.0 Å². The van der Waals surface area contributed by atoms with E-state index in [0.717, 1.165) is 32.1 Å². The Morgan fingerprint density at radius 2 is 1.95 bits per heavy atom. The molecule has 0 spiro atoms. The average Bonchev–Trinajstić information content (AvgIpc) is 2.50. The van der Waals surface area contributed by atoms with Crippen molar-refractivity contribution in [1.29, 1.82) is 0 Å². The summed E-state index contributed by atoms with van der Waals surface area (Å²) in [7, 11) is -3.22. The zero-order valence-corrected chi connectivity index (χ0v) is 14.1. The number of aryl methyl sites for hydroxylation is 1. The lowest BCUT2D eigenvalue weighted by Crippen LogP contribution is -2.36. The number of unbranched alkanes of at least 4 members (excludes halogenated alkanes) is 1. The Morgan fingerprint density at radius 1 is 1.18 bits per heavy atom. The summed E-state index contributed by atoms with van der Waals surface area (Å²) in [6.07, 6.45) is 4.60. The Hall–Kier alpha value is -0.910. The molecule has 0 radical (unpaired) electrons. The van der Waals surface area contributed by atoms with Crippen molar-refractivity contribution in [3.63, 3.8) is 0 Å². The Kier molecular flexibility index (Phi) is 6.86. The normalized spacial score (nSPS) is 22.6. The molecule has 1 fully saturated rings. The van der Waals surface area contributed by atoms with Crippen LogP contribution in [0.15, 0.2) is 30.3 Å². The summed E-state index contributed by atoms with van der Waals surface area (Å²) in [5.41, 5.74) is 1.30. The highest BCUT2D eigenvalue weighted by Gasteiger charge is 2.24. The highest BCUT2D eigenvalue weighted by Crippen LogP contribution is 2.19. The molecular formula is C17H27NO3S. The van der Waals surface area contributed by atoms with Crippen molar-refractivity contribution < 1.29 is 13.2 Å². The van der Waals surface area contributed by atoms with Crippen LogP contribution in [0.4, 0.5) is 0 Å². The van der Waals surface area contributed by atoms with Crippen LogP contribution >= 0.6 is 0 Å². The molecule has 5 heteroatoms. The molecule has 0 amide bonds. The molecule has 0 saturated carbocycles. The van der Waals surface area contributed by atoms with Gasteiger partial charge in [0.25, 0.3) is 0 Å². The van der Waals surface area contributed by atoms with Gasteiger partial charge >= 0.3 is 0 Å². The van der Waals surface area contributed by atoms with Gasteiger partial charge in [-0.1, -0.05) is 37.3 Å². The van der Waals surface area contributed by atoms with Crippen LogP contribution in [0.5, 0.6) is 0 Å². The molecule has 0 unspecified atom stereocenters. The maximum Gasteiger partial charge on any atom is 0.214 e. The Bertz CT molecular complexity index is 522. The van der Waals surface area contributed by atoms with Crippen LogP contribution in [-0.2, 0) is 21.2 Å². The molecule has 1 aromatic carbocycles. The highest BCUT2D eigenvalue weighted by molar-refractivity contribution is 7.89. The smallest absolute Gasteiger partial charge is 0.214 e. The van der Waals surface area contributed by atoms with Gasteiger partial charge in [0.05, 0.1) is 11.9 Å². The van der Waals surface area contributed by atoms with E-state index in [4.69, 9.17) is 4.74 Å². The predicted octanol–water partition coefficient (Wildman–Crippen LogP) is 2.74. The van der Waals surface area contributed by atoms with Crippen LogP contribution in [0.3, 0.4) is 0 Å². The minimum absolute atomic E-state index is 0.0956. The lowest BCUT2D eigenvalue weighted by Gasteiger charge is -2.26. The number of ether oxygens (including phenoxy) is 1. The number of benzene rings is 1. The second-order valence-electron chi connectivity index (χ2n) is 6.26. The first-order valence-electron chi connectivity index (χ1n) is 8.18. The third kappa shape index (κ3) is 6.46. The SMILES string of the molecule is C[C@@H]1CC[C@@H](CS(=O)(=O)NCCCCc2ccccc2)OC1. The summed E-state index contributed by atoms with van der Waals surface area (Å²) >= 11 is 0. The molecule has 22 heavy (non-hydrogen) atoms. The Balaban J connectivity index is 1.61. The molecule has 1 saturated heterocycles. The molecule has 1 N–H and O–H groups in total. The summed E-state index contributed by atoms with van der Waals surface area (Å²) in [5.74, 6) is 0.642. The molecule has 0 aliphatic carbocycles. The van der Waals surface area contributed by atoms with Gasteiger partial charge in [0.15, 0.2) is 0 Å². The number of rotatable bonds is 8. The maximum atomic E-state index is 12.0. The standard InChI is InChI=1S/C17H27NO3S/c1-15-10-11-17(21-13-15)14-22(19,20)18-12-6-5-9-16-7-3-2-4-8-16/h2-4,7-8,15,17-18H,5-6,9-14H2,1H3/t15-,17+/m1/s1. The first-order valence-corrected chi connectivity index (χ1v) is 9.83. The summed E-state index contributed by atoms with van der Waals surface area (Å²) < 4.78 is 32.3. The second-order valence-corrected chi connectivity index (χ2v) is 8.11. The van der Waals surface area contributed by atoms with Gasteiger partial charge in [0.1, 0.15) is 0 Å². The van der Waals surface area contributed by atoms with Crippen molar-refractivity contribution in [3.05, 3.63) is 35.9 Å². The lowest BCUT2D eigenvalue weighted by molar-refractivity contribution is 0.00203. The summed E-state index contributed by atoms with van der Waals surface area (Å²) in [5, 5.41) is 0. The first kappa shape index (κ1) is 17.4. The fourth-order valence-electron chi connectivity index (χ4n) is 2.70. The topological polar surface area (TPSA) is 55.4 Å². The molecule has 0 bridgehead atoms. The fraction of sp³-hybridized carbons (Fsp3) is 0.647. The fourth-order valence-corrected chi connectivity index (χ4v) is 4.02. The molecule has 4 nitrogen and oxygen atoms in total. The van der Waals surface area contributed by atoms with E-state index in [-0.39, 0.29) is 11.9 Å². The minimum Gasteiger partial charge on any atom is -0.377 e. The van der Waals surface area contributed by atoms with Gasteiger partial charge in [-0.25, -0.2) is 13.1 Å². The summed E-state index contributed by atoms with van der Waals surface area (Å²) in [6, 6.07) is 10.3. The van der Waals surface area contributed by atoms with E-state index in [1.54, 1.807) is 0 Å². The van der Waals surface area contributed by atoms with Crippen LogP contribution in [-0.4, -0.2) is 33.4 Å². The predicted molar refractivity (Wildman–Crippen MR) is 89.3 cm³/mol. The van der Waals surface area contributed by atoms with Crippen LogP contribution in [0.2, 0.25) is 0 Å². The largest absolute Gasteiger partial charge is 0.377 e. The van der Waals surface area contributed by atoms with Gasteiger partial charge in [0, 0.05) is 13.2 Å². The average molecular weight is 325 g/mol. The molecule has 1 aliphatic heterocycles. The van der Waals surface area contributed by atoms with Crippen molar-refractivity contribution >= 4 is 10.0 Å². The van der Waals surface area contributed by atoms with Crippen molar-refractivity contribution in [2.75, 3.05) is 18.9 Å². The van der Waals surface area contributed by atoms with Crippen LogP contribution < -0.4 is 4.72 Å². The third-order valence-electron chi connectivity index (χ3n) is 4.06. The second kappa shape index (κ2) is 8.65. The number of sulfonamides is 1. The van der Waals surface area contributed by atoms with Gasteiger partial charge in [-0.3, -0.25) is 0 Å². The minimum atomic E-state index is -3.22. The van der Waals surface area contributed by atoms with Crippen molar-refractivity contribution in [1.82, 2.24) is 4.72 Å². The quantitative estimate of drug-likeness (QED) is 0.748. The van der Waals surface area contributed by atoms with E-state index in [1.807, 2.05) is 18.2 Å². The Morgan fingerprint density at radius 3 is 2.64 bits per heavy atom. The molecule has 1 aliphatic rings. The van der Waals surface area contributed by atoms with Crippen LogP contribution in [0.1, 0.15) is 38.2 Å². The van der Waals surface area contributed by atoms with Gasteiger partial charge in [-0.2, -0.15) is 0 Å². The van der Waals surface area contributed by atoms with Gasteiger partial charge < -0.3 is 4.74 Å². The molecule has 124 valence electrons. The van der Waals surface area contributed by atoms with Crippen LogP contribution in [0.25, 0.3) is 0 Å². The summed E-state index contributed by atoms with van der Waals surface area (Å²) in [4.78, 5) is 0. The molecular weight excluding hydrogens is 298 g/mol. The summed E-state index contributed by atoms with van der Waals surface area (Å²) in [6.45, 7) is 3.32. The van der Waals surface area contributed by atoms with Crippen molar-refractivity contribution in [3.8, 4) is 0 Å². The third-order valence-corrected chi connectivity index (χ3v) is 5.51. The zero-order valence-electron chi connectivity index (χ0n) is 13.3. The van der Waals surface area contributed by atoms with Gasteiger partial charge in [0.2, 0.25) is 10.0 Å². The number of nitrogens with one attached hydrogen (secondary N) is 1. The van der Waals surface area contributed by atoms with Gasteiger partial charge in [-0.05, 0) is 43.6 Å². The van der Waals surface area contributed by atoms with E-state index in [1.165, 1.54) is 5.56 Å². The van der Waals surface area contributed by atoms with Gasteiger partial charge in [-0.15, -0.1) is 0 Å².